The van der Waals surface area contributed by atoms with Crippen molar-refractivity contribution in [3.63, 3.8) is 0 Å². The Balaban J connectivity index is 1.71. The van der Waals surface area contributed by atoms with Crippen LogP contribution in [-0.4, -0.2) is 9.97 Å². The van der Waals surface area contributed by atoms with Crippen molar-refractivity contribution in [2.24, 2.45) is 0 Å². The van der Waals surface area contributed by atoms with Crippen molar-refractivity contribution in [1.82, 2.24) is 9.97 Å². The zero-order chi connectivity index (χ0) is 14.2. The number of benzene rings is 2. The molecular formula is C16H10ClN3S. The number of hydrogen-bond acceptors (Lipinski definition) is 4. The molecule has 1 N–H and O–H groups in total. The number of nitrogens with zero attached hydrogens (tertiary/aromatic N) is 2. The van der Waals surface area contributed by atoms with Crippen LogP contribution in [0.3, 0.4) is 0 Å². The van der Waals surface area contributed by atoms with Crippen LogP contribution in [0.1, 0.15) is 0 Å². The summed E-state index contributed by atoms with van der Waals surface area (Å²) in [6, 6.07) is 15.8. The number of fused-ring (bicyclic) bond motifs is 2. The lowest BCUT2D eigenvalue weighted by Crippen LogP contribution is -1.90. The molecule has 0 aliphatic heterocycles. The fourth-order valence-corrected chi connectivity index (χ4v) is 3.38. The molecule has 0 atom stereocenters. The van der Waals surface area contributed by atoms with Crippen LogP contribution < -0.4 is 5.32 Å². The maximum atomic E-state index is 6.00. The number of thiazole rings is 1. The highest BCUT2D eigenvalue weighted by atomic mass is 35.5. The van der Waals surface area contributed by atoms with E-state index in [4.69, 9.17) is 11.6 Å². The number of para-hydroxylation sites is 1. The molecule has 0 saturated heterocycles. The lowest BCUT2D eigenvalue weighted by Gasteiger charge is -2.03. The largest absolute Gasteiger partial charge is 0.330 e. The maximum absolute atomic E-state index is 6.00. The third kappa shape index (κ3) is 2.44. The number of halogens is 1. The van der Waals surface area contributed by atoms with E-state index in [1.165, 1.54) is 0 Å². The molecule has 102 valence electrons. The van der Waals surface area contributed by atoms with Gasteiger partial charge in [0.05, 0.1) is 27.6 Å². The summed E-state index contributed by atoms with van der Waals surface area (Å²) in [6.45, 7) is 0. The lowest BCUT2D eigenvalue weighted by molar-refractivity contribution is 1.38. The summed E-state index contributed by atoms with van der Waals surface area (Å²) in [5, 5.41) is 5.97. The molecule has 4 aromatic rings. The zero-order valence-corrected chi connectivity index (χ0v) is 12.4. The minimum atomic E-state index is 0.727. The molecule has 0 spiro atoms. The van der Waals surface area contributed by atoms with E-state index in [1.807, 2.05) is 48.7 Å². The van der Waals surface area contributed by atoms with Crippen molar-refractivity contribution in [1.29, 1.82) is 0 Å². The molecule has 0 aliphatic carbocycles. The first-order chi connectivity index (χ1) is 10.3. The molecule has 3 nitrogen and oxygen atoms in total. The van der Waals surface area contributed by atoms with E-state index >= 15 is 0 Å². The molecule has 2 aromatic carbocycles. The van der Waals surface area contributed by atoms with E-state index in [2.05, 4.69) is 21.4 Å². The minimum absolute atomic E-state index is 0.727. The monoisotopic (exact) mass is 311 g/mol. The van der Waals surface area contributed by atoms with Crippen LogP contribution in [0.4, 0.5) is 10.8 Å². The van der Waals surface area contributed by atoms with Crippen molar-refractivity contribution in [3.8, 4) is 0 Å². The molecular weight excluding hydrogens is 302 g/mol. The zero-order valence-electron chi connectivity index (χ0n) is 10.9. The standard InChI is InChI=1S/C16H10ClN3S/c17-11-5-6-14-15(8-11)21-16(20-14)19-12-7-10-3-1-2-4-13(10)18-9-12/h1-9H,(H,19,20). The van der Waals surface area contributed by atoms with Gasteiger partial charge in [-0.05, 0) is 30.3 Å². The smallest absolute Gasteiger partial charge is 0.188 e. The van der Waals surface area contributed by atoms with Gasteiger partial charge in [0.1, 0.15) is 0 Å². The van der Waals surface area contributed by atoms with Gasteiger partial charge in [-0.3, -0.25) is 4.98 Å². The average Bonchev–Trinajstić information content (AvgIpc) is 2.88. The van der Waals surface area contributed by atoms with Crippen molar-refractivity contribution < 1.29 is 0 Å². The number of pyridine rings is 1. The van der Waals surface area contributed by atoms with Crippen LogP contribution in [0.5, 0.6) is 0 Å². The average molecular weight is 312 g/mol. The third-order valence-electron chi connectivity index (χ3n) is 3.19. The van der Waals surface area contributed by atoms with Gasteiger partial charge in [0, 0.05) is 10.4 Å². The SMILES string of the molecule is Clc1ccc2nc(Nc3cnc4ccccc4c3)sc2c1. The number of nitrogens with one attached hydrogen (secondary N) is 1. The fraction of sp³-hybridized carbons (Fsp3) is 0. The lowest BCUT2D eigenvalue weighted by atomic mass is 10.2. The molecule has 0 bridgehead atoms. The van der Waals surface area contributed by atoms with Crippen LogP contribution in [0.25, 0.3) is 21.1 Å². The van der Waals surface area contributed by atoms with Gasteiger partial charge in [0.25, 0.3) is 0 Å². The molecule has 0 saturated carbocycles. The molecule has 0 fully saturated rings. The molecule has 0 unspecified atom stereocenters. The Morgan fingerprint density at radius 2 is 1.90 bits per heavy atom. The van der Waals surface area contributed by atoms with Crippen molar-refractivity contribution in [2.45, 2.75) is 0 Å². The fourth-order valence-electron chi connectivity index (χ4n) is 2.21. The molecule has 5 heteroatoms. The van der Waals surface area contributed by atoms with Crippen LogP contribution in [0.15, 0.2) is 54.7 Å². The Morgan fingerprint density at radius 1 is 1.00 bits per heavy atom. The molecule has 4 rings (SSSR count). The highest BCUT2D eigenvalue weighted by molar-refractivity contribution is 7.22. The summed E-state index contributed by atoms with van der Waals surface area (Å²) in [6.07, 6.45) is 1.82. The molecule has 0 amide bonds. The Hall–Kier alpha value is -2.17. The third-order valence-corrected chi connectivity index (χ3v) is 4.36. The van der Waals surface area contributed by atoms with Crippen LogP contribution in [0.2, 0.25) is 5.02 Å². The quantitative estimate of drug-likeness (QED) is 0.550. The maximum Gasteiger partial charge on any atom is 0.188 e. The first-order valence-electron chi connectivity index (χ1n) is 6.46. The number of hydrogen-bond donors (Lipinski definition) is 1. The molecule has 0 radical (unpaired) electrons. The highest BCUT2D eigenvalue weighted by Gasteiger charge is 2.05. The Kier molecular flexibility index (Phi) is 2.98. The van der Waals surface area contributed by atoms with Crippen LogP contribution in [0, 0.1) is 0 Å². The molecule has 0 aliphatic rings. The van der Waals surface area contributed by atoms with Gasteiger partial charge < -0.3 is 5.32 Å². The van der Waals surface area contributed by atoms with E-state index in [0.29, 0.717) is 0 Å². The van der Waals surface area contributed by atoms with E-state index in [0.717, 1.165) is 37.0 Å². The summed E-state index contributed by atoms with van der Waals surface area (Å²) in [5.41, 5.74) is 2.86. The van der Waals surface area contributed by atoms with E-state index < -0.39 is 0 Å². The van der Waals surface area contributed by atoms with Crippen LogP contribution >= 0.6 is 22.9 Å². The van der Waals surface area contributed by atoms with Gasteiger partial charge in [-0.2, -0.15) is 0 Å². The van der Waals surface area contributed by atoms with Gasteiger partial charge in [0.2, 0.25) is 0 Å². The van der Waals surface area contributed by atoms with Crippen LogP contribution in [-0.2, 0) is 0 Å². The second-order valence-electron chi connectivity index (χ2n) is 4.67. The number of aromatic nitrogens is 2. The number of rotatable bonds is 2. The normalized spacial score (nSPS) is 11.1. The Labute approximate surface area is 130 Å². The molecule has 2 heterocycles. The first kappa shape index (κ1) is 12.6. The van der Waals surface area contributed by atoms with Crippen molar-refractivity contribution >= 4 is 54.9 Å². The van der Waals surface area contributed by atoms with Gasteiger partial charge in [-0.25, -0.2) is 4.98 Å². The van der Waals surface area contributed by atoms with E-state index in [9.17, 15) is 0 Å². The second-order valence-corrected chi connectivity index (χ2v) is 6.14. The molecule has 21 heavy (non-hydrogen) atoms. The van der Waals surface area contributed by atoms with Gasteiger partial charge in [-0.1, -0.05) is 41.1 Å². The first-order valence-corrected chi connectivity index (χ1v) is 7.65. The summed E-state index contributed by atoms with van der Waals surface area (Å²) in [4.78, 5) is 8.99. The topological polar surface area (TPSA) is 37.8 Å². The number of anilines is 2. The van der Waals surface area contributed by atoms with Gasteiger partial charge >= 0.3 is 0 Å². The van der Waals surface area contributed by atoms with E-state index in [1.54, 1.807) is 11.3 Å². The minimum Gasteiger partial charge on any atom is -0.330 e. The van der Waals surface area contributed by atoms with Crippen molar-refractivity contribution in [3.05, 3.63) is 59.8 Å². The van der Waals surface area contributed by atoms with E-state index in [-0.39, 0.29) is 0 Å². The summed E-state index contributed by atoms with van der Waals surface area (Å²) < 4.78 is 1.07. The Bertz CT molecular complexity index is 948. The van der Waals surface area contributed by atoms with Crippen molar-refractivity contribution in [2.75, 3.05) is 5.32 Å². The second kappa shape index (κ2) is 4.98. The molecule has 2 aromatic heterocycles. The van der Waals surface area contributed by atoms with Gasteiger partial charge in [-0.15, -0.1) is 0 Å². The summed E-state index contributed by atoms with van der Waals surface area (Å²) in [7, 11) is 0. The predicted octanol–water partition coefficient (Wildman–Crippen LogP) is 5.24. The summed E-state index contributed by atoms with van der Waals surface area (Å²) >= 11 is 7.58. The highest BCUT2D eigenvalue weighted by Crippen LogP contribution is 2.30. The Morgan fingerprint density at radius 3 is 2.86 bits per heavy atom. The van der Waals surface area contributed by atoms with Gasteiger partial charge in [0.15, 0.2) is 5.13 Å². The predicted molar refractivity (Wildman–Crippen MR) is 89.7 cm³/mol. The summed E-state index contributed by atoms with van der Waals surface area (Å²) in [5.74, 6) is 0.